The van der Waals surface area contributed by atoms with Crippen molar-refractivity contribution in [2.45, 2.75) is 12.8 Å². The number of amides is 2. The molecule has 0 fully saturated rings. The van der Waals surface area contributed by atoms with Crippen molar-refractivity contribution in [2.75, 3.05) is 23.8 Å². The number of carbonyl (C=O) groups is 2. The van der Waals surface area contributed by atoms with Crippen molar-refractivity contribution in [3.05, 3.63) is 46.9 Å². The van der Waals surface area contributed by atoms with E-state index in [1.165, 1.54) is 0 Å². The lowest BCUT2D eigenvalue weighted by Crippen LogP contribution is -2.25. The molecule has 25 heavy (non-hydrogen) atoms. The third-order valence-corrected chi connectivity index (χ3v) is 4.06. The molecule has 6 nitrogen and oxygen atoms in total. The van der Waals surface area contributed by atoms with Gasteiger partial charge in [-0.2, -0.15) is 0 Å². The number of benzene rings is 2. The zero-order chi connectivity index (χ0) is 17.6. The first-order chi connectivity index (χ1) is 12.1. The average molecular weight is 405 g/mol. The molecule has 2 N–H and O–H groups in total. The van der Waals surface area contributed by atoms with Gasteiger partial charge >= 0.3 is 0 Å². The second-order valence-electron chi connectivity index (χ2n) is 5.50. The number of nitrogens with one attached hydrogen (secondary N) is 2. The number of anilines is 2. The predicted molar refractivity (Wildman–Crippen MR) is 98.1 cm³/mol. The summed E-state index contributed by atoms with van der Waals surface area (Å²) in [6, 6.07) is 12.7. The quantitative estimate of drug-likeness (QED) is 0.721. The molecule has 1 aliphatic heterocycles. The van der Waals surface area contributed by atoms with E-state index in [0.717, 1.165) is 10.2 Å². The van der Waals surface area contributed by atoms with E-state index in [9.17, 15) is 9.59 Å². The maximum Gasteiger partial charge on any atom is 0.262 e. The fourth-order valence-corrected chi connectivity index (χ4v) is 2.59. The molecule has 0 aromatic heterocycles. The zero-order valence-electron chi connectivity index (χ0n) is 13.4. The van der Waals surface area contributed by atoms with Crippen molar-refractivity contribution in [3.8, 4) is 11.5 Å². The maximum absolute atomic E-state index is 12.0. The number of ether oxygens (including phenoxy) is 2. The molecule has 2 aromatic carbocycles. The number of halogens is 1. The molecule has 1 heterocycles. The van der Waals surface area contributed by atoms with Crippen molar-refractivity contribution in [2.24, 2.45) is 0 Å². The lowest BCUT2D eigenvalue weighted by Gasteiger charge is -2.18. The largest absolute Gasteiger partial charge is 0.494 e. The average Bonchev–Trinajstić information content (AvgIpc) is 2.60. The van der Waals surface area contributed by atoms with E-state index in [1.807, 2.05) is 24.3 Å². The van der Waals surface area contributed by atoms with Crippen LogP contribution in [0.1, 0.15) is 12.8 Å². The number of hydrogen-bond acceptors (Lipinski definition) is 4. The van der Waals surface area contributed by atoms with Gasteiger partial charge < -0.3 is 20.1 Å². The van der Waals surface area contributed by atoms with Gasteiger partial charge in [0, 0.05) is 22.6 Å². The SMILES string of the molecule is O=C(CCCOc1ccc(Br)cc1)Nc1ccc2c(c1)OCC(=O)N2. The van der Waals surface area contributed by atoms with Crippen LogP contribution in [0.4, 0.5) is 11.4 Å². The van der Waals surface area contributed by atoms with Crippen molar-refractivity contribution in [1.82, 2.24) is 0 Å². The van der Waals surface area contributed by atoms with Gasteiger partial charge in [-0.15, -0.1) is 0 Å². The Morgan fingerprint density at radius 1 is 1.24 bits per heavy atom. The van der Waals surface area contributed by atoms with Gasteiger partial charge in [0.05, 0.1) is 12.3 Å². The van der Waals surface area contributed by atoms with Crippen LogP contribution in [-0.2, 0) is 9.59 Å². The van der Waals surface area contributed by atoms with Crippen LogP contribution >= 0.6 is 15.9 Å². The number of rotatable bonds is 6. The third-order valence-electron chi connectivity index (χ3n) is 3.53. The second kappa shape index (κ2) is 8.02. The smallest absolute Gasteiger partial charge is 0.262 e. The molecular formula is C18H17BrN2O4. The molecule has 3 rings (SSSR count). The Kier molecular flexibility index (Phi) is 5.55. The highest BCUT2D eigenvalue weighted by molar-refractivity contribution is 9.10. The van der Waals surface area contributed by atoms with Crippen molar-refractivity contribution in [3.63, 3.8) is 0 Å². The predicted octanol–water partition coefficient (Wildman–Crippen LogP) is 3.58. The minimum Gasteiger partial charge on any atom is -0.494 e. The van der Waals surface area contributed by atoms with Crippen molar-refractivity contribution >= 4 is 39.1 Å². The van der Waals surface area contributed by atoms with Crippen LogP contribution in [0.2, 0.25) is 0 Å². The highest BCUT2D eigenvalue weighted by Gasteiger charge is 2.16. The minimum absolute atomic E-state index is 0.0161. The van der Waals surface area contributed by atoms with Crippen molar-refractivity contribution < 1.29 is 19.1 Å². The van der Waals surface area contributed by atoms with Crippen LogP contribution in [0.5, 0.6) is 11.5 Å². The highest BCUT2D eigenvalue weighted by atomic mass is 79.9. The Balaban J connectivity index is 1.43. The van der Waals surface area contributed by atoms with Gasteiger partial charge in [-0.1, -0.05) is 15.9 Å². The maximum atomic E-state index is 12.0. The Morgan fingerprint density at radius 3 is 2.84 bits per heavy atom. The molecule has 0 aliphatic carbocycles. The van der Waals surface area contributed by atoms with Gasteiger partial charge in [-0.25, -0.2) is 0 Å². The van der Waals surface area contributed by atoms with Crippen LogP contribution in [0.25, 0.3) is 0 Å². The Bertz CT molecular complexity index is 777. The summed E-state index contributed by atoms with van der Waals surface area (Å²) in [7, 11) is 0. The molecule has 1 aliphatic rings. The summed E-state index contributed by atoms with van der Waals surface area (Å²) in [6.07, 6.45) is 0.963. The Labute approximate surface area is 153 Å². The molecule has 2 aromatic rings. The van der Waals surface area contributed by atoms with E-state index in [4.69, 9.17) is 9.47 Å². The lowest BCUT2D eigenvalue weighted by molar-refractivity contribution is -0.118. The molecular weight excluding hydrogens is 388 g/mol. The zero-order valence-corrected chi connectivity index (χ0v) is 15.0. The lowest BCUT2D eigenvalue weighted by atomic mass is 10.2. The summed E-state index contributed by atoms with van der Waals surface area (Å²) in [5.74, 6) is 1.04. The van der Waals surface area contributed by atoms with E-state index in [2.05, 4.69) is 26.6 Å². The molecule has 0 unspecified atom stereocenters. The van der Waals surface area contributed by atoms with Crippen LogP contribution in [0, 0.1) is 0 Å². The first-order valence-electron chi connectivity index (χ1n) is 7.85. The normalized spacial score (nSPS) is 12.6. The van der Waals surface area contributed by atoms with E-state index < -0.39 is 0 Å². The van der Waals surface area contributed by atoms with Gasteiger partial charge in [-0.05, 0) is 42.8 Å². The van der Waals surface area contributed by atoms with Crippen LogP contribution < -0.4 is 20.1 Å². The second-order valence-corrected chi connectivity index (χ2v) is 6.42. The molecule has 0 spiro atoms. The van der Waals surface area contributed by atoms with Crippen molar-refractivity contribution in [1.29, 1.82) is 0 Å². The summed E-state index contributed by atoms with van der Waals surface area (Å²) in [5.41, 5.74) is 1.24. The van der Waals surface area contributed by atoms with Gasteiger partial charge in [0.15, 0.2) is 6.61 Å². The fourth-order valence-electron chi connectivity index (χ4n) is 2.33. The molecule has 0 saturated heterocycles. The van der Waals surface area contributed by atoms with E-state index >= 15 is 0 Å². The summed E-state index contributed by atoms with van der Waals surface area (Å²) < 4.78 is 11.9. The molecule has 0 saturated carbocycles. The van der Waals surface area contributed by atoms with E-state index in [1.54, 1.807) is 18.2 Å². The molecule has 0 atom stereocenters. The molecule has 130 valence electrons. The molecule has 0 bridgehead atoms. The molecule has 2 amide bonds. The van der Waals surface area contributed by atoms with Gasteiger partial charge in [0.2, 0.25) is 5.91 Å². The first-order valence-corrected chi connectivity index (χ1v) is 8.64. The summed E-state index contributed by atoms with van der Waals surface area (Å²) in [4.78, 5) is 23.2. The van der Waals surface area contributed by atoms with Crippen LogP contribution in [0.15, 0.2) is 46.9 Å². The van der Waals surface area contributed by atoms with Gasteiger partial charge in [0.1, 0.15) is 11.5 Å². The summed E-state index contributed by atoms with van der Waals surface area (Å²) in [5, 5.41) is 5.52. The number of fused-ring (bicyclic) bond motifs is 1. The Hall–Kier alpha value is -2.54. The van der Waals surface area contributed by atoms with E-state index in [-0.39, 0.29) is 18.4 Å². The summed E-state index contributed by atoms with van der Waals surface area (Å²) in [6.45, 7) is 0.451. The third kappa shape index (κ3) is 4.96. The van der Waals surface area contributed by atoms with E-state index in [0.29, 0.717) is 36.6 Å². The van der Waals surface area contributed by atoms with Crippen LogP contribution in [0.3, 0.4) is 0 Å². The Morgan fingerprint density at radius 2 is 2.04 bits per heavy atom. The molecule has 7 heteroatoms. The molecule has 0 radical (unpaired) electrons. The van der Waals surface area contributed by atoms with Gasteiger partial charge in [-0.3, -0.25) is 9.59 Å². The van der Waals surface area contributed by atoms with Crippen LogP contribution in [-0.4, -0.2) is 25.0 Å². The topological polar surface area (TPSA) is 76.7 Å². The standard InChI is InChI=1S/C18H17BrN2O4/c19-12-3-6-14(7-4-12)24-9-1-2-17(22)20-13-5-8-15-16(10-13)25-11-18(23)21-15/h3-8,10H,1-2,9,11H2,(H,20,22)(H,21,23). The highest BCUT2D eigenvalue weighted by Crippen LogP contribution is 2.30. The number of carbonyl (C=O) groups excluding carboxylic acids is 2. The fraction of sp³-hybridized carbons (Fsp3) is 0.222. The van der Waals surface area contributed by atoms with Gasteiger partial charge in [0.25, 0.3) is 5.91 Å². The summed E-state index contributed by atoms with van der Waals surface area (Å²) >= 11 is 3.37. The first kappa shape index (κ1) is 17.3. The monoisotopic (exact) mass is 404 g/mol. The minimum atomic E-state index is -0.185. The number of hydrogen-bond donors (Lipinski definition) is 2.